The van der Waals surface area contributed by atoms with E-state index in [-0.39, 0.29) is 62.7 Å². The normalized spacial score (nSPS) is 10.7. The van der Waals surface area contributed by atoms with Gasteiger partial charge < -0.3 is 5.73 Å². The molecule has 0 spiro atoms. The fourth-order valence-electron chi connectivity index (χ4n) is 1.49. The zero-order valence-corrected chi connectivity index (χ0v) is 10.8. The van der Waals surface area contributed by atoms with E-state index < -0.39 is 0 Å². The summed E-state index contributed by atoms with van der Waals surface area (Å²) in [4.78, 5) is 11.2. The van der Waals surface area contributed by atoms with Crippen LogP contribution in [0, 0.1) is 3.57 Å². The fraction of sp³-hybridized carbons (Fsp3) is 0.364. The molecule has 1 rings (SSSR count). The number of hydrogen-bond acceptors (Lipinski definition) is 1. The second-order valence-corrected chi connectivity index (χ2v) is 5.44. The first-order chi connectivity index (χ1) is 6.34. The zero-order chi connectivity index (χ0) is 10.9. The monoisotopic (exact) mass is 343 g/mol. The van der Waals surface area contributed by atoms with Crippen molar-refractivity contribution >= 4 is 79.9 Å². The Hall–Kier alpha value is 1.06. The summed E-state index contributed by atoms with van der Waals surface area (Å²) in [5.74, 6) is -0.353. The van der Waals surface area contributed by atoms with Crippen LogP contribution in [0.3, 0.4) is 0 Å². The Morgan fingerprint density at radius 3 is 2.20 bits per heavy atom. The Kier molecular flexibility index (Phi) is 6.55. The fourth-order valence-corrected chi connectivity index (χ4v) is 2.80. The van der Waals surface area contributed by atoms with Gasteiger partial charge in [0.15, 0.2) is 0 Å². The standard InChI is InChI=1S/C11H14INO.K.H/c1-11(2,3)9-7(10(13)14)5-4-6-8(9)12;;/h4-6H,1-3H3,(H2,13,14);;. The molecular weight excluding hydrogens is 328 g/mol. The Bertz CT molecular complexity index is 371. The van der Waals surface area contributed by atoms with Crippen LogP contribution in [0.15, 0.2) is 18.2 Å². The van der Waals surface area contributed by atoms with E-state index in [0.717, 1.165) is 9.13 Å². The number of carbonyl (C=O) groups excluding carboxylic acids is 1. The molecule has 1 aromatic rings. The van der Waals surface area contributed by atoms with Crippen LogP contribution in [0.5, 0.6) is 0 Å². The van der Waals surface area contributed by atoms with Gasteiger partial charge in [0.1, 0.15) is 0 Å². The molecule has 0 unspecified atom stereocenters. The number of primary amides is 1. The van der Waals surface area contributed by atoms with Crippen LogP contribution in [0.1, 0.15) is 36.7 Å². The van der Waals surface area contributed by atoms with Crippen LogP contribution in [0.25, 0.3) is 0 Å². The van der Waals surface area contributed by atoms with E-state index in [9.17, 15) is 4.79 Å². The molecule has 0 aromatic heterocycles. The van der Waals surface area contributed by atoms with Crippen molar-refractivity contribution in [2.24, 2.45) is 5.73 Å². The molecule has 0 saturated carbocycles. The Morgan fingerprint density at radius 2 is 1.87 bits per heavy atom. The van der Waals surface area contributed by atoms with Gasteiger partial charge in [0.25, 0.3) is 0 Å². The molecule has 1 aromatic carbocycles. The van der Waals surface area contributed by atoms with Crippen molar-refractivity contribution in [2.45, 2.75) is 26.2 Å². The molecule has 78 valence electrons. The van der Waals surface area contributed by atoms with Crippen LogP contribution in [-0.2, 0) is 5.41 Å². The molecule has 15 heavy (non-hydrogen) atoms. The average Bonchev–Trinajstić information content (AvgIpc) is 2.01. The van der Waals surface area contributed by atoms with E-state index in [2.05, 4.69) is 43.4 Å². The van der Waals surface area contributed by atoms with Crippen molar-refractivity contribution in [1.29, 1.82) is 0 Å². The van der Waals surface area contributed by atoms with E-state index in [0.29, 0.717) is 5.56 Å². The van der Waals surface area contributed by atoms with Gasteiger partial charge in [-0.1, -0.05) is 26.8 Å². The predicted molar refractivity (Wildman–Crippen MR) is 73.5 cm³/mol. The van der Waals surface area contributed by atoms with Gasteiger partial charge in [-0.15, -0.1) is 0 Å². The van der Waals surface area contributed by atoms with Gasteiger partial charge in [-0.3, -0.25) is 4.79 Å². The van der Waals surface area contributed by atoms with E-state index in [1.807, 2.05) is 12.1 Å². The minimum absolute atomic E-state index is 0. The maximum absolute atomic E-state index is 11.2. The van der Waals surface area contributed by atoms with Crippen LogP contribution in [0.2, 0.25) is 0 Å². The molecule has 0 bridgehead atoms. The number of carbonyl (C=O) groups is 1. The molecule has 0 aliphatic heterocycles. The summed E-state index contributed by atoms with van der Waals surface area (Å²) in [6.07, 6.45) is 0. The summed E-state index contributed by atoms with van der Waals surface area (Å²) in [5.41, 5.74) is 6.95. The van der Waals surface area contributed by atoms with Crippen LogP contribution in [0.4, 0.5) is 0 Å². The summed E-state index contributed by atoms with van der Waals surface area (Å²) in [6, 6.07) is 5.63. The zero-order valence-electron chi connectivity index (χ0n) is 8.60. The topological polar surface area (TPSA) is 43.1 Å². The summed E-state index contributed by atoms with van der Waals surface area (Å²) in [5, 5.41) is 0. The molecule has 0 radical (unpaired) electrons. The van der Waals surface area contributed by atoms with E-state index in [4.69, 9.17) is 5.73 Å². The second kappa shape index (κ2) is 6.12. The average molecular weight is 343 g/mol. The Balaban J connectivity index is 0.00000196. The molecule has 0 saturated heterocycles. The van der Waals surface area contributed by atoms with Crippen molar-refractivity contribution < 1.29 is 4.79 Å². The third-order valence-electron chi connectivity index (χ3n) is 2.03. The number of amides is 1. The molecule has 4 heteroatoms. The van der Waals surface area contributed by atoms with Crippen LogP contribution < -0.4 is 5.73 Å². The molecule has 0 atom stereocenters. The van der Waals surface area contributed by atoms with Gasteiger partial charge in [-0.25, -0.2) is 0 Å². The molecule has 0 aliphatic carbocycles. The van der Waals surface area contributed by atoms with Crippen molar-refractivity contribution in [3.8, 4) is 0 Å². The van der Waals surface area contributed by atoms with Gasteiger partial charge >= 0.3 is 51.4 Å². The number of benzene rings is 1. The first-order valence-electron chi connectivity index (χ1n) is 4.43. The van der Waals surface area contributed by atoms with Crippen molar-refractivity contribution in [3.05, 3.63) is 32.9 Å². The van der Waals surface area contributed by atoms with Crippen molar-refractivity contribution in [2.75, 3.05) is 0 Å². The van der Waals surface area contributed by atoms with E-state index in [1.54, 1.807) is 6.07 Å². The quantitative estimate of drug-likeness (QED) is 0.616. The van der Waals surface area contributed by atoms with Crippen molar-refractivity contribution in [3.63, 3.8) is 0 Å². The summed E-state index contributed by atoms with van der Waals surface area (Å²) in [6.45, 7) is 6.24. The number of rotatable bonds is 1. The molecular formula is C11H15IKNO. The minimum atomic E-state index is -0.353. The summed E-state index contributed by atoms with van der Waals surface area (Å²) in [7, 11) is 0. The number of hydrogen-bond donors (Lipinski definition) is 1. The predicted octanol–water partition coefficient (Wildman–Crippen LogP) is 2.04. The molecule has 0 fully saturated rings. The molecule has 1 amide bonds. The maximum atomic E-state index is 11.2. The Labute approximate surface area is 147 Å². The second-order valence-electron chi connectivity index (χ2n) is 4.28. The van der Waals surface area contributed by atoms with E-state index >= 15 is 0 Å². The SMILES string of the molecule is CC(C)(C)c1c(I)cccc1C(N)=O.[KH]. The number of nitrogens with two attached hydrogens (primary N) is 1. The van der Waals surface area contributed by atoms with Crippen molar-refractivity contribution in [1.82, 2.24) is 0 Å². The van der Waals surface area contributed by atoms with Gasteiger partial charge in [0, 0.05) is 9.13 Å². The third-order valence-corrected chi connectivity index (χ3v) is 2.93. The van der Waals surface area contributed by atoms with E-state index in [1.165, 1.54) is 0 Å². The molecule has 2 nitrogen and oxygen atoms in total. The molecule has 0 aliphatic rings. The van der Waals surface area contributed by atoms with Gasteiger partial charge in [0.05, 0.1) is 0 Å². The summed E-state index contributed by atoms with van der Waals surface area (Å²) < 4.78 is 1.09. The van der Waals surface area contributed by atoms with Crippen LogP contribution >= 0.6 is 22.6 Å². The molecule has 0 heterocycles. The number of halogens is 1. The van der Waals surface area contributed by atoms with Gasteiger partial charge in [-0.2, -0.15) is 0 Å². The Morgan fingerprint density at radius 1 is 1.33 bits per heavy atom. The first-order valence-corrected chi connectivity index (χ1v) is 5.50. The summed E-state index contributed by atoms with van der Waals surface area (Å²) >= 11 is 2.24. The van der Waals surface area contributed by atoms with Gasteiger partial charge in [-0.05, 0) is 45.7 Å². The third kappa shape index (κ3) is 4.09. The van der Waals surface area contributed by atoms with Gasteiger partial charge in [0.2, 0.25) is 5.91 Å². The molecule has 2 N–H and O–H groups in total. The van der Waals surface area contributed by atoms with Crippen LogP contribution in [-0.4, -0.2) is 57.3 Å². The first kappa shape index (κ1) is 16.1.